The van der Waals surface area contributed by atoms with E-state index in [0.29, 0.717) is 11.4 Å². The maximum Gasteiger partial charge on any atom is 0.0550 e. The molecule has 0 bridgehead atoms. The SMILES string of the molecule is C.CC1(C)CCC(C)(C)c2cc(N)c(N)cc21. The Labute approximate surface area is 105 Å². The predicted molar refractivity (Wildman–Crippen MR) is 77.3 cm³/mol. The molecule has 96 valence electrons. The summed E-state index contributed by atoms with van der Waals surface area (Å²) in [7, 11) is 0. The van der Waals surface area contributed by atoms with Crippen LogP contribution in [0.1, 0.15) is 59.1 Å². The fourth-order valence-electron chi connectivity index (χ4n) is 2.65. The summed E-state index contributed by atoms with van der Waals surface area (Å²) in [5.41, 5.74) is 16.5. The molecule has 2 nitrogen and oxygen atoms in total. The standard InChI is InChI=1S/C14H22N2.CH4/c1-13(2)5-6-14(3,4)10-8-12(16)11(15)7-9(10)13;/h7-8H,5-6,15-16H2,1-4H3;1H4. The van der Waals surface area contributed by atoms with Crippen LogP contribution in [-0.4, -0.2) is 0 Å². The molecule has 17 heavy (non-hydrogen) atoms. The van der Waals surface area contributed by atoms with Crippen LogP contribution < -0.4 is 11.5 Å². The van der Waals surface area contributed by atoms with Gasteiger partial charge in [0.15, 0.2) is 0 Å². The van der Waals surface area contributed by atoms with Crippen LogP contribution in [0.2, 0.25) is 0 Å². The van der Waals surface area contributed by atoms with E-state index in [1.807, 2.05) is 0 Å². The molecule has 1 aliphatic rings. The van der Waals surface area contributed by atoms with Crippen LogP contribution >= 0.6 is 0 Å². The second-order valence-corrected chi connectivity index (χ2v) is 6.29. The summed E-state index contributed by atoms with van der Waals surface area (Å²) >= 11 is 0. The summed E-state index contributed by atoms with van der Waals surface area (Å²) in [6.45, 7) is 9.15. The Morgan fingerprint density at radius 3 is 1.41 bits per heavy atom. The molecule has 0 heterocycles. The molecule has 2 heteroatoms. The largest absolute Gasteiger partial charge is 0.397 e. The molecule has 0 saturated heterocycles. The zero-order valence-corrected chi connectivity index (χ0v) is 10.7. The summed E-state index contributed by atoms with van der Waals surface area (Å²) in [5.74, 6) is 0. The van der Waals surface area contributed by atoms with Crippen LogP contribution in [0.5, 0.6) is 0 Å². The van der Waals surface area contributed by atoms with Crippen molar-refractivity contribution in [2.45, 2.75) is 58.8 Å². The van der Waals surface area contributed by atoms with Crippen molar-refractivity contribution in [2.24, 2.45) is 0 Å². The monoisotopic (exact) mass is 234 g/mol. The highest BCUT2D eigenvalue weighted by Crippen LogP contribution is 2.47. The van der Waals surface area contributed by atoms with Crippen molar-refractivity contribution in [1.29, 1.82) is 0 Å². The van der Waals surface area contributed by atoms with E-state index < -0.39 is 0 Å². The fourth-order valence-corrected chi connectivity index (χ4v) is 2.65. The highest BCUT2D eigenvalue weighted by Gasteiger charge is 2.37. The van der Waals surface area contributed by atoms with Crippen molar-refractivity contribution in [3.05, 3.63) is 23.3 Å². The Kier molecular flexibility index (Phi) is 3.21. The van der Waals surface area contributed by atoms with Gasteiger partial charge >= 0.3 is 0 Å². The summed E-state index contributed by atoms with van der Waals surface area (Å²) in [6.07, 6.45) is 2.41. The van der Waals surface area contributed by atoms with Gasteiger partial charge in [0.25, 0.3) is 0 Å². The minimum absolute atomic E-state index is 0. The topological polar surface area (TPSA) is 52.0 Å². The van der Waals surface area contributed by atoms with E-state index in [4.69, 9.17) is 11.5 Å². The molecule has 1 aromatic carbocycles. The van der Waals surface area contributed by atoms with Crippen LogP contribution in [0, 0.1) is 0 Å². The number of benzene rings is 1. The Hall–Kier alpha value is -1.18. The lowest BCUT2D eigenvalue weighted by molar-refractivity contribution is 0.332. The van der Waals surface area contributed by atoms with Crippen molar-refractivity contribution in [2.75, 3.05) is 11.5 Å². The van der Waals surface area contributed by atoms with Gasteiger partial charge in [-0.25, -0.2) is 0 Å². The summed E-state index contributed by atoms with van der Waals surface area (Å²) in [4.78, 5) is 0. The van der Waals surface area contributed by atoms with Crippen molar-refractivity contribution in [1.82, 2.24) is 0 Å². The van der Waals surface area contributed by atoms with Gasteiger partial charge in [0, 0.05) is 0 Å². The third-order valence-electron chi connectivity index (χ3n) is 4.06. The van der Waals surface area contributed by atoms with Crippen LogP contribution in [0.4, 0.5) is 11.4 Å². The molecule has 0 aromatic heterocycles. The van der Waals surface area contributed by atoms with Gasteiger partial charge in [0.2, 0.25) is 0 Å². The van der Waals surface area contributed by atoms with Gasteiger partial charge in [0.05, 0.1) is 11.4 Å². The predicted octanol–water partition coefficient (Wildman–Crippen LogP) is 3.84. The first kappa shape index (κ1) is 13.9. The molecule has 1 aromatic rings. The summed E-state index contributed by atoms with van der Waals surface area (Å²) in [5, 5.41) is 0. The zero-order valence-electron chi connectivity index (χ0n) is 10.7. The van der Waals surface area contributed by atoms with E-state index in [-0.39, 0.29) is 18.3 Å². The van der Waals surface area contributed by atoms with Crippen LogP contribution in [0.25, 0.3) is 0 Å². The van der Waals surface area contributed by atoms with E-state index in [9.17, 15) is 0 Å². The third kappa shape index (κ3) is 2.13. The first-order valence-electron chi connectivity index (χ1n) is 5.94. The van der Waals surface area contributed by atoms with E-state index >= 15 is 0 Å². The molecule has 0 amide bonds. The quantitative estimate of drug-likeness (QED) is 0.670. The molecule has 4 N–H and O–H groups in total. The fraction of sp³-hybridized carbons (Fsp3) is 0.600. The van der Waals surface area contributed by atoms with Gasteiger partial charge in [-0.2, -0.15) is 0 Å². The van der Waals surface area contributed by atoms with E-state index in [0.717, 1.165) is 0 Å². The molecule has 0 radical (unpaired) electrons. The number of anilines is 2. The van der Waals surface area contributed by atoms with Gasteiger partial charge in [-0.05, 0) is 46.9 Å². The number of hydrogen-bond acceptors (Lipinski definition) is 2. The molecule has 0 fully saturated rings. The maximum absolute atomic E-state index is 5.93. The van der Waals surface area contributed by atoms with Crippen LogP contribution in [0.3, 0.4) is 0 Å². The number of hydrogen-bond donors (Lipinski definition) is 2. The van der Waals surface area contributed by atoms with Gasteiger partial charge in [-0.3, -0.25) is 0 Å². The summed E-state index contributed by atoms with van der Waals surface area (Å²) in [6, 6.07) is 4.15. The molecule has 0 saturated carbocycles. The molecule has 1 aliphatic carbocycles. The van der Waals surface area contributed by atoms with Crippen LogP contribution in [0.15, 0.2) is 12.1 Å². The average molecular weight is 234 g/mol. The molecular weight excluding hydrogens is 208 g/mol. The van der Waals surface area contributed by atoms with Gasteiger partial charge in [-0.15, -0.1) is 0 Å². The maximum atomic E-state index is 5.93. The van der Waals surface area contributed by atoms with E-state index in [1.54, 1.807) is 0 Å². The molecule has 0 unspecified atom stereocenters. The lowest BCUT2D eigenvalue weighted by Gasteiger charge is -2.42. The Bertz CT molecular complexity index is 390. The Morgan fingerprint density at radius 2 is 1.12 bits per heavy atom. The lowest BCUT2D eigenvalue weighted by Crippen LogP contribution is -2.34. The van der Waals surface area contributed by atoms with Crippen molar-refractivity contribution in [3.8, 4) is 0 Å². The third-order valence-corrected chi connectivity index (χ3v) is 4.06. The van der Waals surface area contributed by atoms with Gasteiger partial charge in [-0.1, -0.05) is 35.1 Å². The number of fused-ring (bicyclic) bond motifs is 1. The first-order valence-corrected chi connectivity index (χ1v) is 5.94. The summed E-state index contributed by atoms with van der Waals surface area (Å²) < 4.78 is 0. The molecule has 0 spiro atoms. The molecule has 0 atom stereocenters. The smallest absolute Gasteiger partial charge is 0.0550 e. The molecule has 0 aliphatic heterocycles. The number of nitrogen functional groups attached to an aromatic ring is 2. The highest BCUT2D eigenvalue weighted by atomic mass is 14.7. The average Bonchev–Trinajstić information content (AvgIpc) is 2.17. The normalized spacial score (nSPS) is 20.2. The van der Waals surface area contributed by atoms with Crippen LogP contribution in [-0.2, 0) is 10.8 Å². The van der Waals surface area contributed by atoms with Crippen molar-refractivity contribution >= 4 is 11.4 Å². The minimum atomic E-state index is 0. The lowest BCUT2D eigenvalue weighted by atomic mass is 9.63. The second kappa shape index (κ2) is 3.94. The number of nitrogens with two attached hydrogens (primary N) is 2. The molecular formula is C15H26N2. The van der Waals surface area contributed by atoms with Gasteiger partial charge < -0.3 is 11.5 Å². The highest BCUT2D eigenvalue weighted by molar-refractivity contribution is 5.68. The second-order valence-electron chi connectivity index (χ2n) is 6.29. The van der Waals surface area contributed by atoms with E-state index in [2.05, 4.69) is 39.8 Å². The Balaban J connectivity index is 0.00000144. The van der Waals surface area contributed by atoms with E-state index in [1.165, 1.54) is 24.0 Å². The van der Waals surface area contributed by atoms with Gasteiger partial charge in [0.1, 0.15) is 0 Å². The zero-order chi connectivity index (χ0) is 12.1. The number of rotatable bonds is 0. The van der Waals surface area contributed by atoms with Crippen molar-refractivity contribution in [3.63, 3.8) is 0 Å². The first-order chi connectivity index (χ1) is 7.24. The molecule has 2 rings (SSSR count). The van der Waals surface area contributed by atoms with Crippen molar-refractivity contribution < 1.29 is 0 Å². The minimum Gasteiger partial charge on any atom is -0.397 e. The Morgan fingerprint density at radius 1 is 0.824 bits per heavy atom.